The zero-order chi connectivity index (χ0) is 19.6. The number of aliphatic imine (C=N–C) groups is 1. The maximum absolute atomic E-state index is 13.0. The van der Waals surface area contributed by atoms with Gasteiger partial charge < -0.3 is 20.1 Å². The van der Waals surface area contributed by atoms with Crippen molar-refractivity contribution < 1.29 is 13.9 Å². The summed E-state index contributed by atoms with van der Waals surface area (Å²) in [5.74, 6) is 0.472. The van der Waals surface area contributed by atoms with Crippen LogP contribution in [0, 0.1) is 5.82 Å². The van der Waals surface area contributed by atoms with Crippen molar-refractivity contribution in [3.05, 3.63) is 71.0 Å². The van der Waals surface area contributed by atoms with E-state index >= 15 is 0 Å². The van der Waals surface area contributed by atoms with Gasteiger partial charge in [-0.15, -0.1) is 0 Å². The fourth-order valence-corrected chi connectivity index (χ4v) is 3.08. The van der Waals surface area contributed by atoms with Crippen molar-refractivity contribution in [1.82, 2.24) is 10.6 Å². The monoisotopic (exact) mass is 385 g/mol. The van der Waals surface area contributed by atoms with E-state index < -0.39 is 0 Å². The number of ether oxygens (including phenoxy) is 2. The van der Waals surface area contributed by atoms with Crippen LogP contribution < -0.4 is 10.6 Å². The van der Waals surface area contributed by atoms with E-state index in [2.05, 4.69) is 33.8 Å². The van der Waals surface area contributed by atoms with E-state index in [9.17, 15) is 4.39 Å². The van der Waals surface area contributed by atoms with Crippen LogP contribution in [0.15, 0.2) is 53.5 Å². The predicted molar refractivity (Wildman–Crippen MR) is 109 cm³/mol. The average molecular weight is 385 g/mol. The Balaban J connectivity index is 1.45. The molecule has 1 aliphatic heterocycles. The Bertz CT molecular complexity index is 759. The Hall–Kier alpha value is -2.44. The first-order valence-corrected chi connectivity index (χ1v) is 9.69. The highest BCUT2D eigenvalue weighted by Crippen LogP contribution is 2.14. The third-order valence-corrected chi connectivity index (χ3v) is 4.70. The van der Waals surface area contributed by atoms with Crippen LogP contribution in [0.3, 0.4) is 0 Å². The molecule has 2 N–H and O–H groups in total. The molecule has 6 heteroatoms. The molecule has 150 valence electrons. The van der Waals surface area contributed by atoms with Gasteiger partial charge in [0.2, 0.25) is 0 Å². The number of nitrogens with zero attached hydrogens (tertiary/aromatic N) is 1. The van der Waals surface area contributed by atoms with Gasteiger partial charge in [-0.2, -0.15) is 0 Å². The fourth-order valence-electron chi connectivity index (χ4n) is 3.08. The van der Waals surface area contributed by atoms with E-state index in [4.69, 9.17) is 9.47 Å². The Morgan fingerprint density at radius 1 is 1.04 bits per heavy atom. The third kappa shape index (κ3) is 6.62. The second-order valence-corrected chi connectivity index (χ2v) is 6.85. The number of guanidine groups is 1. The molecule has 0 saturated carbocycles. The molecule has 1 saturated heterocycles. The number of rotatable bonds is 7. The highest BCUT2D eigenvalue weighted by atomic mass is 19.1. The summed E-state index contributed by atoms with van der Waals surface area (Å²) in [4.78, 5) is 4.24. The van der Waals surface area contributed by atoms with Gasteiger partial charge in [0.1, 0.15) is 5.82 Å². The zero-order valence-corrected chi connectivity index (χ0v) is 16.3. The van der Waals surface area contributed by atoms with Crippen LogP contribution >= 0.6 is 0 Å². The molecule has 0 spiro atoms. The van der Waals surface area contributed by atoms with Crippen molar-refractivity contribution in [2.75, 3.05) is 20.3 Å². The van der Waals surface area contributed by atoms with Gasteiger partial charge in [0.25, 0.3) is 0 Å². The molecule has 0 amide bonds. The molecule has 0 bridgehead atoms. The molecule has 0 atom stereocenters. The second kappa shape index (κ2) is 10.8. The lowest BCUT2D eigenvalue weighted by molar-refractivity contribution is -0.0390. The second-order valence-electron chi connectivity index (χ2n) is 6.85. The molecule has 0 aliphatic carbocycles. The van der Waals surface area contributed by atoms with E-state index in [1.165, 1.54) is 17.7 Å². The Morgan fingerprint density at radius 3 is 2.43 bits per heavy atom. The maximum Gasteiger partial charge on any atom is 0.191 e. The molecule has 0 aromatic heterocycles. The van der Waals surface area contributed by atoms with Gasteiger partial charge in [-0.1, -0.05) is 36.4 Å². The molecule has 2 aromatic rings. The lowest BCUT2D eigenvalue weighted by Gasteiger charge is -2.22. The summed E-state index contributed by atoms with van der Waals surface area (Å²) in [5.41, 5.74) is 3.33. The molecule has 28 heavy (non-hydrogen) atoms. The Kier molecular flexibility index (Phi) is 7.82. The first-order valence-electron chi connectivity index (χ1n) is 9.69. The average Bonchev–Trinajstić information content (AvgIpc) is 2.75. The first kappa shape index (κ1) is 20.3. The first-order chi connectivity index (χ1) is 13.7. The quantitative estimate of drug-likeness (QED) is 0.567. The Morgan fingerprint density at radius 2 is 1.71 bits per heavy atom. The van der Waals surface area contributed by atoms with E-state index in [1.807, 2.05) is 6.07 Å². The van der Waals surface area contributed by atoms with Crippen molar-refractivity contribution >= 4 is 5.96 Å². The van der Waals surface area contributed by atoms with E-state index in [-0.39, 0.29) is 5.82 Å². The minimum absolute atomic E-state index is 0.230. The molecule has 2 aromatic carbocycles. The summed E-state index contributed by atoms with van der Waals surface area (Å²) in [7, 11) is 1.73. The summed E-state index contributed by atoms with van der Waals surface area (Å²) in [6.07, 6.45) is 2.24. The topological polar surface area (TPSA) is 54.9 Å². The SMILES string of the molecule is CN=C(NCc1ccc(F)cc1)NCc1cccc(COC2CCOCC2)c1. The van der Waals surface area contributed by atoms with E-state index in [0.29, 0.717) is 31.8 Å². The van der Waals surface area contributed by atoms with Gasteiger partial charge in [-0.3, -0.25) is 4.99 Å². The van der Waals surface area contributed by atoms with Crippen molar-refractivity contribution in [3.8, 4) is 0 Å². The fraction of sp³-hybridized carbons (Fsp3) is 0.409. The van der Waals surface area contributed by atoms with E-state index in [1.54, 1.807) is 19.2 Å². The lowest BCUT2D eigenvalue weighted by atomic mass is 10.1. The standard InChI is InChI=1S/C22H28FN3O2/c1-24-22(25-14-17-5-7-20(23)8-6-17)26-15-18-3-2-4-19(13-18)16-28-21-9-11-27-12-10-21/h2-8,13,21H,9-12,14-16H2,1H3,(H2,24,25,26). The van der Waals surface area contributed by atoms with Crippen LogP contribution in [0.25, 0.3) is 0 Å². The lowest BCUT2D eigenvalue weighted by Crippen LogP contribution is -2.36. The van der Waals surface area contributed by atoms with Crippen LogP contribution in [0.4, 0.5) is 4.39 Å². The number of hydrogen-bond acceptors (Lipinski definition) is 3. The minimum Gasteiger partial charge on any atom is -0.381 e. The molecule has 1 heterocycles. The summed E-state index contributed by atoms with van der Waals surface area (Å²) < 4.78 is 24.4. The van der Waals surface area contributed by atoms with Gasteiger partial charge in [0, 0.05) is 33.4 Å². The predicted octanol–water partition coefficient (Wildman–Crippen LogP) is 3.39. The minimum atomic E-state index is -0.230. The van der Waals surface area contributed by atoms with E-state index in [0.717, 1.165) is 37.2 Å². The highest BCUT2D eigenvalue weighted by molar-refractivity contribution is 5.79. The normalized spacial score (nSPS) is 15.4. The summed E-state index contributed by atoms with van der Waals surface area (Å²) in [6, 6.07) is 14.8. The summed E-state index contributed by atoms with van der Waals surface area (Å²) >= 11 is 0. The van der Waals surface area contributed by atoms with Gasteiger partial charge >= 0.3 is 0 Å². The van der Waals surface area contributed by atoms with Crippen LogP contribution in [0.1, 0.15) is 29.5 Å². The molecule has 3 rings (SSSR count). The number of nitrogens with one attached hydrogen (secondary N) is 2. The molecular weight excluding hydrogens is 357 g/mol. The zero-order valence-electron chi connectivity index (χ0n) is 16.3. The molecular formula is C22H28FN3O2. The number of halogens is 1. The van der Waals surface area contributed by atoms with Crippen LogP contribution in [0.5, 0.6) is 0 Å². The maximum atomic E-state index is 13.0. The molecule has 1 fully saturated rings. The molecule has 0 radical (unpaired) electrons. The van der Waals surface area contributed by atoms with Crippen molar-refractivity contribution in [1.29, 1.82) is 0 Å². The number of benzene rings is 2. The third-order valence-electron chi connectivity index (χ3n) is 4.70. The van der Waals surface area contributed by atoms with Crippen LogP contribution in [0.2, 0.25) is 0 Å². The van der Waals surface area contributed by atoms with Crippen LogP contribution in [-0.2, 0) is 29.2 Å². The molecule has 1 aliphatic rings. The van der Waals surface area contributed by atoms with Crippen molar-refractivity contribution in [3.63, 3.8) is 0 Å². The van der Waals surface area contributed by atoms with Crippen molar-refractivity contribution in [2.24, 2.45) is 4.99 Å². The number of hydrogen-bond donors (Lipinski definition) is 2. The summed E-state index contributed by atoms with van der Waals surface area (Å²) in [6.45, 7) is 3.44. The van der Waals surface area contributed by atoms with Gasteiger partial charge in [-0.05, 0) is 41.7 Å². The van der Waals surface area contributed by atoms with Gasteiger partial charge in [0.05, 0.1) is 12.7 Å². The molecule has 5 nitrogen and oxygen atoms in total. The highest BCUT2D eigenvalue weighted by Gasteiger charge is 2.14. The van der Waals surface area contributed by atoms with Crippen LogP contribution in [-0.4, -0.2) is 32.3 Å². The Labute approximate surface area is 166 Å². The van der Waals surface area contributed by atoms with Gasteiger partial charge in [0.15, 0.2) is 5.96 Å². The summed E-state index contributed by atoms with van der Waals surface area (Å²) in [5, 5.41) is 6.55. The smallest absolute Gasteiger partial charge is 0.191 e. The largest absolute Gasteiger partial charge is 0.381 e. The van der Waals surface area contributed by atoms with Crippen molar-refractivity contribution in [2.45, 2.75) is 38.6 Å². The van der Waals surface area contributed by atoms with Gasteiger partial charge in [-0.25, -0.2) is 4.39 Å². The molecule has 0 unspecified atom stereocenters.